The van der Waals surface area contributed by atoms with Gasteiger partial charge in [-0.2, -0.15) is 13.2 Å². The van der Waals surface area contributed by atoms with Crippen molar-refractivity contribution in [2.45, 2.75) is 19.6 Å². The third-order valence-electron chi connectivity index (χ3n) is 4.78. The Hall–Kier alpha value is -1.42. The Balaban J connectivity index is 1.75. The van der Waals surface area contributed by atoms with E-state index in [0.29, 0.717) is 4.88 Å². The van der Waals surface area contributed by atoms with Crippen molar-refractivity contribution in [2.75, 3.05) is 38.0 Å². The predicted molar refractivity (Wildman–Crippen MR) is 109 cm³/mol. The second kappa shape index (κ2) is 8.94. The fraction of sp³-hybridized carbons (Fsp3) is 0.421. The molecule has 0 bridgehead atoms. The number of alkyl halides is 3. The molecular formula is C19H21BrF3N3OS. The molecule has 3 rings (SSSR count). The average molecular weight is 476 g/mol. The molecule has 1 aliphatic rings. The van der Waals surface area contributed by atoms with Crippen molar-refractivity contribution >= 4 is 38.9 Å². The molecule has 0 radical (unpaired) electrons. The molecule has 1 N–H and O–H groups in total. The van der Waals surface area contributed by atoms with Crippen LogP contribution in [0.25, 0.3) is 0 Å². The highest BCUT2D eigenvalue weighted by atomic mass is 79.9. The molecule has 1 saturated heterocycles. The number of amides is 1. The van der Waals surface area contributed by atoms with Crippen molar-refractivity contribution in [2.24, 2.45) is 0 Å². The van der Waals surface area contributed by atoms with Gasteiger partial charge in [0.15, 0.2) is 0 Å². The number of hydrogen-bond donors (Lipinski definition) is 1. The Kier molecular flexibility index (Phi) is 6.80. The third-order valence-corrected chi connectivity index (χ3v) is 6.40. The van der Waals surface area contributed by atoms with Gasteiger partial charge in [-0.25, -0.2) is 0 Å². The molecule has 1 aromatic heterocycles. The van der Waals surface area contributed by atoms with Gasteiger partial charge in [-0.15, -0.1) is 11.3 Å². The summed E-state index contributed by atoms with van der Waals surface area (Å²) in [5, 5.41) is 2.56. The molecule has 4 nitrogen and oxygen atoms in total. The van der Waals surface area contributed by atoms with E-state index in [0.717, 1.165) is 42.6 Å². The smallest absolute Gasteiger partial charge is 0.321 e. The lowest BCUT2D eigenvalue weighted by atomic mass is 10.0. The summed E-state index contributed by atoms with van der Waals surface area (Å²) in [5.41, 5.74) is -0.328. The van der Waals surface area contributed by atoms with E-state index in [1.165, 1.54) is 23.5 Å². The summed E-state index contributed by atoms with van der Waals surface area (Å²) in [6, 6.07) is 7.38. The minimum absolute atomic E-state index is 0.140. The van der Waals surface area contributed by atoms with Crippen LogP contribution in [0.4, 0.5) is 18.9 Å². The predicted octanol–water partition coefficient (Wildman–Crippen LogP) is 4.92. The molecule has 2 heterocycles. The number of hydrogen-bond acceptors (Lipinski definition) is 4. The molecule has 0 atom stereocenters. The number of likely N-dealkylation sites (N-methyl/N-ethyl adjacent to an activating group) is 1. The van der Waals surface area contributed by atoms with E-state index in [1.54, 1.807) is 12.1 Å². The number of carbonyl (C=O) groups is 1. The Bertz CT molecular complexity index is 832. The van der Waals surface area contributed by atoms with Crippen LogP contribution in [0.3, 0.4) is 0 Å². The fourth-order valence-electron chi connectivity index (χ4n) is 3.19. The maximum absolute atomic E-state index is 13.6. The summed E-state index contributed by atoms with van der Waals surface area (Å²) in [7, 11) is 0. The first kappa shape index (κ1) is 21.3. The number of rotatable bonds is 5. The van der Waals surface area contributed by atoms with Crippen molar-refractivity contribution in [1.82, 2.24) is 9.80 Å². The first-order valence-electron chi connectivity index (χ1n) is 8.98. The van der Waals surface area contributed by atoms with Gasteiger partial charge in [0.05, 0.1) is 14.2 Å². The van der Waals surface area contributed by atoms with Crippen LogP contribution in [0.15, 0.2) is 34.1 Å². The number of halogens is 4. The van der Waals surface area contributed by atoms with Gasteiger partial charge in [0.25, 0.3) is 5.91 Å². The number of nitrogens with zero attached hydrogens (tertiary/aromatic N) is 2. The normalized spacial score (nSPS) is 16.3. The van der Waals surface area contributed by atoms with Crippen molar-refractivity contribution < 1.29 is 18.0 Å². The second-order valence-corrected chi connectivity index (χ2v) is 9.10. The Morgan fingerprint density at radius 1 is 1.14 bits per heavy atom. The first-order valence-corrected chi connectivity index (χ1v) is 10.6. The molecule has 0 aliphatic carbocycles. The highest BCUT2D eigenvalue weighted by Crippen LogP contribution is 2.35. The zero-order valence-electron chi connectivity index (χ0n) is 15.4. The van der Waals surface area contributed by atoms with Crippen LogP contribution in [-0.4, -0.2) is 48.4 Å². The monoisotopic (exact) mass is 475 g/mol. The van der Waals surface area contributed by atoms with Crippen molar-refractivity contribution in [3.05, 3.63) is 50.1 Å². The maximum Gasteiger partial charge on any atom is 0.416 e. The highest BCUT2D eigenvalue weighted by Gasteiger charge is 2.34. The highest BCUT2D eigenvalue weighted by molar-refractivity contribution is 9.11. The van der Waals surface area contributed by atoms with E-state index in [1.807, 2.05) is 4.90 Å². The van der Waals surface area contributed by atoms with Crippen LogP contribution >= 0.6 is 27.3 Å². The van der Waals surface area contributed by atoms with E-state index in [2.05, 4.69) is 33.1 Å². The minimum Gasteiger partial charge on any atom is -0.321 e. The number of thiophene rings is 1. The van der Waals surface area contributed by atoms with Gasteiger partial charge in [0.2, 0.25) is 0 Å². The molecule has 28 heavy (non-hydrogen) atoms. The summed E-state index contributed by atoms with van der Waals surface area (Å²) in [5.74, 6) is -0.424. The Labute approximate surface area is 174 Å². The zero-order chi connectivity index (χ0) is 20.3. The van der Waals surface area contributed by atoms with E-state index < -0.39 is 17.6 Å². The number of carbonyl (C=O) groups excluding carboxylic acids is 1. The van der Waals surface area contributed by atoms with Crippen LogP contribution in [-0.2, 0) is 12.7 Å². The van der Waals surface area contributed by atoms with Gasteiger partial charge < -0.3 is 10.2 Å². The van der Waals surface area contributed by atoms with Gasteiger partial charge in [-0.3, -0.25) is 9.69 Å². The molecule has 0 unspecified atom stereocenters. The van der Waals surface area contributed by atoms with E-state index >= 15 is 0 Å². The molecule has 9 heteroatoms. The lowest BCUT2D eigenvalue weighted by Crippen LogP contribution is -2.45. The maximum atomic E-state index is 13.6. The van der Waals surface area contributed by atoms with Crippen molar-refractivity contribution in [3.63, 3.8) is 0 Å². The summed E-state index contributed by atoms with van der Waals surface area (Å²) in [4.78, 5) is 17.0. The second-order valence-electron chi connectivity index (χ2n) is 6.64. The number of anilines is 1. The van der Waals surface area contributed by atoms with Gasteiger partial charge in [-0.05, 0) is 52.3 Å². The molecule has 0 saturated carbocycles. The van der Waals surface area contributed by atoms with Crippen LogP contribution in [0, 0.1) is 0 Å². The van der Waals surface area contributed by atoms with Crippen LogP contribution in [0.2, 0.25) is 0 Å². The van der Waals surface area contributed by atoms with E-state index in [-0.39, 0.29) is 17.8 Å². The summed E-state index contributed by atoms with van der Waals surface area (Å²) >= 11 is 4.50. The average Bonchev–Trinajstić information content (AvgIpc) is 3.09. The third kappa shape index (κ3) is 5.34. The quantitative estimate of drug-likeness (QED) is 0.666. The van der Waals surface area contributed by atoms with Crippen molar-refractivity contribution in [1.29, 1.82) is 0 Å². The van der Waals surface area contributed by atoms with Gasteiger partial charge in [-0.1, -0.05) is 13.0 Å². The molecule has 1 amide bonds. The number of piperazine rings is 1. The first-order chi connectivity index (χ1) is 13.3. The minimum atomic E-state index is -4.48. The van der Waals surface area contributed by atoms with E-state index in [4.69, 9.17) is 0 Å². The molecule has 1 aromatic carbocycles. The van der Waals surface area contributed by atoms with Crippen LogP contribution < -0.4 is 5.32 Å². The Morgan fingerprint density at radius 3 is 2.39 bits per heavy atom. The standard InChI is InChI=1S/C19H21BrF3N3OS/c1-2-25-7-9-26(10-8-25)12-13-3-4-14(11-15(13)19(21,22)23)24-18(27)16-5-6-17(20)28-16/h3-6,11H,2,7-10,12H2,1H3,(H,24,27). The Morgan fingerprint density at radius 2 is 1.82 bits per heavy atom. The molecule has 0 spiro atoms. The molecule has 2 aromatic rings. The molecule has 1 aliphatic heterocycles. The SMILES string of the molecule is CCN1CCN(Cc2ccc(NC(=O)c3ccc(Br)s3)cc2C(F)(F)F)CC1. The van der Waals surface area contributed by atoms with Crippen molar-refractivity contribution in [3.8, 4) is 0 Å². The number of benzene rings is 1. The summed E-state index contributed by atoms with van der Waals surface area (Å²) in [6.45, 7) is 6.51. The number of nitrogens with one attached hydrogen (secondary N) is 1. The summed E-state index contributed by atoms with van der Waals surface area (Å²) in [6.07, 6.45) is -4.48. The molecule has 1 fully saturated rings. The van der Waals surface area contributed by atoms with Crippen LogP contribution in [0.5, 0.6) is 0 Å². The topological polar surface area (TPSA) is 35.6 Å². The summed E-state index contributed by atoms with van der Waals surface area (Å²) < 4.78 is 41.6. The van der Waals surface area contributed by atoms with E-state index in [9.17, 15) is 18.0 Å². The molecular weight excluding hydrogens is 455 g/mol. The lowest BCUT2D eigenvalue weighted by molar-refractivity contribution is -0.138. The zero-order valence-corrected chi connectivity index (χ0v) is 17.8. The fourth-order valence-corrected chi connectivity index (χ4v) is 4.47. The van der Waals surface area contributed by atoms with Gasteiger partial charge in [0.1, 0.15) is 0 Å². The lowest BCUT2D eigenvalue weighted by Gasteiger charge is -2.34. The van der Waals surface area contributed by atoms with Gasteiger partial charge >= 0.3 is 6.18 Å². The van der Waals surface area contributed by atoms with Gasteiger partial charge in [0, 0.05) is 38.4 Å². The van der Waals surface area contributed by atoms with Crippen LogP contribution in [0.1, 0.15) is 27.7 Å². The molecule has 152 valence electrons. The largest absolute Gasteiger partial charge is 0.416 e.